The van der Waals surface area contributed by atoms with Gasteiger partial charge in [0.05, 0.1) is 27.5 Å². The van der Waals surface area contributed by atoms with Gasteiger partial charge in [0.15, 0.2) is 15.6 Å². The van der Waals surface area contributed by atoms with E-state index in [1.807, 2.05) is 0 Å². The smallest absolute Gasteiger partial charge is 0.414 e. The van der Waals surface area contributed by atoms with Crippen LogP contribution >= 0.6 is 34.8 Å². The molecule has 15 heteroatoms. The van der Waals surface area contributed by atoms with Gasteiger partial charge in [-0.1, -0.05) is 39.9 Å². The summed E-state index contributed by atoms with van der Waals surface area (Å²) in [6.07, 6.45) is -4.57. The van der Waals surface area contributed by atoms with E-state index in [1.54, 1.807) is 0 Å². The lowest BCUT2D eigenvalue weighted by Gasteiger charge is -2.27. The molecule has 1 aliphatic rings. The highest BCUT2D eigenvalue weighted by atomic mass is 35.5. The number of amides is 1. The van der Waals surface area contributed by atoms with E-state index < -0.39 is 28.2 Å². The number of hydrogen-bond donors (Lipinski definition) is 2. The van der Waals surface area contributed by atoms with Gasteiger partial charge in [-0.3, -0.25) is 4.79 Å². The third-order valence-electron chi connectivity index (χ3n) is 4.44. The fourth-order valence-electron chi connectivity index (χ4n) is 2.90. The van der Waals surface area contributed by atoms with Crippen molar-refractivity contribution < 1.29 is 31.9 Å². The van der Waals surface area contributed by atoms with Crippen LogP contribution in [0.15, 0.2) is 16.5 Å². The first kappa shape index (κ1) is 24.9. The molecule has 0 bridgehead atoms. The number of hydrogen-bond acceptors (Lipinski definition) is 7. The third kappa shape index (κ3) is 7.41. The summed E-state index contributed by atoms with van der Waals surface area (Å²) >= 11 is 17.7. The van der Waals surface area contributed by atoms with Crippen molar-refractivity contribution in [2.45, 2.75) is 31.1 Å². The predicted octanol–water partition coefficient (Wildman–Crippen LogP) is 3.85. The standard InChI is InChI=1S/C17H18Cl3F3N4O4Si/c18-10-5-9(6-11(19)14(10)20)30-7-13(28)27-32-4-1-12(24-8-32)15-25-26-16(31-15)29-3-2-17(21,22)23/h5-6,12,24,32H,1-4,7-8H2,(H,27,28)/t12-,32+/m1/s1. The number of ether oxygens (including phenoxy) is 2. The van der Waals surface area contributed by atoms with E-state index in [-0.39, 0.29) is 45.6 Å². The molecule has 0 radical (unpaired) electrons. The number of aromatic nitrogens is 2. The Bertz CT molecular complexity index is 919. The molecule has 8 nitrogen and oxygen atoms in total. The van der Waals surface area contributed by atoms with E-state index in [1.165, 1.54) is 12.1 Å². The Balaban J connectivity index is 1.40. The van der Waals surface area contributed by atoms with Crippen LogP contribution in [0.25, 0.3) is 0 Å². The number of nitrogens with zero attached hydrogens (tertiary/aromatic N) is 2. The van der Waals surface area contributed by atoms with Gasteiger partial charge in [-0.25, -0.2) is 0 Å². The number of carbonyl (C=O) groups excluding carboxylic acids is 1. The summed E-state index contributed by atoms with van der Waals surface area (Å²) in [7, 11) is -1.64. The maximum atomic E-state index is 12.2. The van der Waals surface area contributed by atoms with Crippen molar-refractivity contribution in [2.24, 2.45) is 0 Å². The van der Waals surface area contributed by atoms with Crippen LogP contribution in [0.2, 0.25) is 21.1 Å². The van der Waals surface area contributed by atoms with E-state index in [0.29, 0.717) is 18.3 Å². The lowest BCUT2D eigenvalue weighted by atomic mass is 10.2. The van der Waals surface area contributed by atoms with Crippen LogP contribution in [0.1, 0.15) is 24.8 Å². The summed E-state index contributed by atoms with van der Waals surface area (Å²) in [5.41, 5.74) is 0. The van der Waals surface area contributed by atoms with Crippen molar-refractivity contribution in [1.29, 1.82) is 0 Å². The van der Waals surface area contributed by atoms with Gasteiger partial charge >= 0.3 is 12.3 Å². The molecule has 2 aromatic rings. The Morgan fingerprint density at radius 1 is 1.25 bits per heavy atom. The average Bonchev–Trinajstić information content (AvgIpc) is 3.19. The Morgan fingerprint density at radius 3 is 2.59 bits per heavy atom. The van der Waals surface area contributed by atoms with Crippen molar-refractivity contribution in [3.05, 3.63) is 33.1 Å². The molecule has 2 atom stereocenters. The summed E-state index contributed by atoms with van der Waals surface area (Å²) in [4.78, 5) is 15.2. The average molecular weight is 534 g/mol. The van der Waals surface area contributed by atoms with Crippen molar-refractivity contribution in [3.8, 4) is 11.8 Å². The monoisotopic (exact) mass is 532 g/mol. The minimum Gasteiger partial charge on any atom is -0.484 e. The molecule has 0 saturated carbocycles. The van der Waals surface area contributed by atoms with Gasteiger partial charge in [0.25, 0.3) is 0 Å². The molecular weight excluding hydrogens is 516 g/mol. The molecule has 0 aliphatic carbocycles. The SMILES string of the molecule is O=C(COc1cc(Cl)c(Cl)c(Cl)c1)N[Si@H]1CC[C@H](c2nnc(OCCC(F)(F)F)o2)NC1. The van der Waals surface area contributed by atoms with Crippen molar-refractivity contribution in [1.82, 2.24) is 20.5 Å². The third-order valence-corrected chi connectivity index (χ3v) is 8.12. The first-order valence-electron chi connectivity index (χ1n) is 9.44. The first-order chi connectivity index (χ1) is 15.1. The lowest BCUT2D eigenvalue weighted by molar-refractivity contribution is -0.140. The van der Waals surface area contributed by atoms with Crippen LogP contribution < -0.4 is 19.8 Å². The molecule has 2 N–H and O–H groups in total. The molecule has 1 amide bonds. The molecule has 3 rings (SSSR count). The Hall–Kier alpha value is -1.73. The van der Waals surface area contributed by atoms with Crippen LogP contribution in [0.4, 0.5) is 13.2 Å². The second-order valence-electron chi connectivity index (χ2n) is 6.91. The summed E-state index contributed by atoms with van der Waals surface area (Å²) in [5, 5.41) is 11.3. The zero-order valence-electron chi connectivity index (χ0n) is 16.3. The maximum absolute atomic E-state index is 12.2. The second kappa shape index (κ2) is 10.9. The van der Waals surface area contributed by atoms with Crippen LogP contribution in [0.5, 0.6) is 11.8 Å². The molecule has 1 aliphatic heterocycles. The van der Waals surface area contributed by atoms with E-state index in [4.69, 9.17) is 48.7 Å². The summed E-state index contributed by atoms with van der Waals surface area (Å²) in [6.45, 7) is -0.801. The van der Waals surface area contributed by atoms with Crippen LogP contribution in [0.3, 0.4) is 0 Å². The molecule has 32 heavy (non-hydrogen) atoms. The molecular formula is C17H18Cl3F3N4O4Si. The Labute approximate surface area is 197 Å². The van der Waals surface area contributed by atoms with Gasteiger partial charge in [-0.15, -0.1) is 5.10 Å². The fourth-order valence-corrected chi connectivity index (χ4v) is 5.77. The highest BCUT2D eigenvalue weighted by Crippen LogP contribution is 2.34. The van der Waals surface area contributed by atoms with Gasteiger partial charge in [0.2, 0.25) is 11.8 Å². The van der Waals surface area contributed by atoms with E-state index >= 15 is 0 Å². The molecule has 1 saturated heterocycles. The number of alkyl halides is 3. The van der Waals surface area contributed by atoms with E-state index in [2.05, 4.69) is 20.5 Å². The second-order valence-corrected chi connectivity index (χ2v) is 10.8. The number of rotatable bonds is 8. The van der Waals surface area contributed by atoms with Crippen molar-refractivity contribution in [3.63, 3.8) is 0 Å². The zero-order valence-corrected chi connectivity index (χ0v) is 19.8. The van der Waals surface area contributed by atoms with Gasteiger partial charge in [-0.05, 0) is 12.5 Å². The molecule has 1 aromatic heterocycles. The molecule has 2 heterocycles. The van der Waals surface area contributed by atoms with E-state index in [9.17, 15) is 18.0 Å². The van der Waals surface area contributed by atoms with Gasteiger partial charge < -0.3 is 24.2 Å². The summed E-state index contributed by atoms with van der Waals surface area (Å²) in [5.74, 6) is 0.278. The number of benzene rings is 1. The topological polar surface area (TPSA) is 98.5 Å². The molecule has 1 fully saturated rings. The van der Waals surface area contributed by atoms with Crippen molar-refractivity contribution in [2.75, 3.05) is 19.4 Å². The first-order valence-corrected chi connectivity index (χ1v) is 12.8. The van der Waals surface area contributed by atoms with Crippen LogP contribution in [-0.4, -0.2) is 50.6 Å². The highest BCUT2D eigenvalue weighted by Gasteiger charge is 2.29. The minimum atomic E-state index is -4.32. The van der Waals surface area contributed by atoms with Gasteiger partial charge in [0, 0.05) is 18.3 Å². The summed E-state index contributed by atoms with van der Waals surface area (Å²) in [6, 6.07) is 3.42. The van der Waals surface area contributed by atoms with Crippen molar-refractivity contribution >= 4 is 49.7 Å². The van der Waals surface area contributed by atoms with Crippen LogP contribution in [-0.2, 0) is 4.79 Å². The van der Waals surface area contributed by atoms with Crippen LogP contribution in [0, 0.1) is 0 Å². The maximum Gasteiger partial charge on any atom is 0.414 e. The Kier molecular flexibility index (Phi) is 8.50. The van der Waals surface area contributed by atoms with Gasteiger partial charge in [0.1, 0.15) is 12.4 Å². The normalized spacial score (nSPS) is 18.9. The number of carbonyl (C=O) groups is 1. The number of halogens is 6. The zero-order chi connectivity index (χ0) is 23.3. The highest BCUT2D eigenvalue weighted by molar-refractivity contribution is 6.59. The van der Waals surface area contributed by atoms with E-state index in [0.717, 1.165) is 6.04 Å². The quantitative estimate of drug-likeness (QED) is 0.393. The lowest BCUT2D eigenvalue weighted by Crippen LogP contribution is -2.51. The summed E-state index contributed by atoms with van der Waals surface area (Å²) < 4.78 is 52.0. The van der Waals surface area contributed by atoms with Gasteiger partial charge in [-0.2, -0.15) is 13.2 Å². The number of nitrogens with one attached hydrogen (secondary N) is 2. The fraction of sp³-hybridized carbons (Fsp3) is 0.471. The molecule has 1 aromatic carbocycles. The largest absolute Gasteiger partial charge is 0.484 e. The minimum absolute atomic E-state index is 0.205. The molecule has 176 valence electrons. The molecule has 0 unspecified atom stereocenters. The molecule has 0 spiro atoms. The Morgan fingerprint density at radius 2 is 1.97 bits per heavy atom. The predicted molar refractivity (Wildman–Crippen MR) is 113 cm³/mol.